The maximum Gasteiger partial charge on any atom is 0.158 e. The number of Topliss-reactive ketones (excluding diaryl/α,β-unsaturated/α-hetero) is 1. The molecule has 0 spiro atoms. The van der Waals surface area contributed by atoms with Crippen LogP contribution in [0.1, 0.15) is 44.9 Å². The van der Waals surface area contributed by atoms with E-state index in [1.807, 2.05) is 0 Å². The van der Waals surface area contributed by atoms with Crippen molar-refractivity contribution in [3.8, 4) is 0 Å². The van der Waals surface area contributed by atoms with E-state index in [0.717, 1.165) is 31.3 Å². The SMILES string of the molecule is C=C1CCCCCCCC1=O. The summed E-state index contributed by atoms with van der Waals surface area (Å²) in [5.74, 6) is 0.298. The second-order valence-electron chi connectivity index (χ2n) is 3.29. The molecule has 0 heterocycles. The Morgan fingerprint density at radius 3 is 2.18 bits per heavy atom. The molecule has 1 heteroatoms. The molecule has 0 saturated heterocycles. The van der Waals surface area contributed by atoms with Crippen LogP contribution in [0.2, 0.25) is 0 Å². The van der Waals surface area contributed by atoms with Gasteiger partial charge in [-0.3, -0.25) is 4.79 Å². The molecular formula is C10H16O. The first-order valence-electron chi connectivity index (χ1n) is 4.51. The van der Waals surface area contributed by atoms with Gasteiger partial charge in [-0.25, -0.2) is 0 Å². The zero-order valence-electron chi connectivity index (χ0n) is 7.07. The minimum absolute atomic E-state index is 0.298. The smallest absolute Gasteiger partial charge is 0.158 e. The number of allylic oxidation sites excluding steroid dienone is 1. The summed E-state index contributed by atoms with van der Waals surface area (Å²) in [5, 5.41) is 0. The monoisotopic (exact) mass is 152 g/mol. The number of ketones is 1. The fourth-order valence-electron chi connectivity index (χ4n) is 1.47. The van der Waals surface area contributed by atoms with Crippen LogP contribution in [0.4, 0.5) is 0 Å². The third-order valence-electron chi connectivity index (χ3n) is 2.28. The quantitative estimate of drug-likeness (QED) is 0.488. The largest absolute Gasteiger partial charge is 0.295 e. The van der Waals surface area contributed by atoms with Crippen molar-refractivity contribution in [3.05, 3.63) is 12.2 Å². The molecule has 0 aromatic rings. The molecule has 1 saturated carbocycles. The highest BCUT2D eigenvalue weighted by Crippen LogP contribution is 2.16. The summed E-state index contributed by atoms with van der Waals surface area (Å²) >= 11 is 0. The lowest BCUT2D eigenvalue weighted by Crippen LogP contribution is -1.99. The standard InChI is InChI=1S/C10H16O/c1-9-7-5-3-2-4-6-8-10(9)11/h1-8H2. The molecule has 62 valence electrons. The molecule has 0 atom stereocenters. The minimum Gasteiger partial charge on any atom is -0.295 e. The highest BCUT2D eigenvalue weighted by Gasteiger charge is 2.08. The van der Waals surface area contributed by atoms with Gasteiger partial charge in [0.15, 0.2) is 5.78 Å². The Kier molecular flexibility index (Phi) is 3.34. The van der Waals surface area contributed by atoms with Crippen molar-refractivity contribution in [2.45, 2.75) is 44.9 Å². The van der Waals surface area contributed by atoms with E-state index in [9.17, 15) is 4.79 Å². The first-order valence-corrected chi connectivity index (χ1v) is 4.51. The molecule has 0 aliphatic heterocycles. The molecule has 0 bridgehead atoms. The molecule has 1 nitrogen and oxygen atoms in total. The van der Waals surface area contributed by atoms with Gasteiger partial charge in [-0.15, -0.1) is 0 Å². The molecule has 1 aliphatic carbocycles. The molecule has 0 amide bonds. The van der Waals surface area contributed by atoms with Crippen LogP contribution in [-0.2, 0) is 4.79 Å². The Bertz CT molecular complexity index is 140. The Labute approximate surface area is 68.5 Å². The van der Waals surface area contributed by atoms with E-state index in [0.29, 0.717) is 5.78 Å². The Morgan fingerprint density at radius 1 is 0.909 bits per heavy atom. The van der Waals surface area contributed by atoms with Gasteiger partial charge in [0.2, 0.25) is 0 Å². The van der Waals surface area contributed by atoms with Crippen LogP contribution in [0.5, 0.6) is 0 Å². The first-order chi connectivity index (χ1) is 5.30. The molecule has 0 radical (unpaired) electrons. The molecule has 0 aromatic carbocycles. The average molecular weight is 152 g/mol. The van der Waals surface area contributed by atoms with Crippen LogP contribution < -0.4 is 0 Å². The van der Waals surface area contributed by atoms with E-state index in [2.05, 4.69) is 6.58 Å². The third-order valence-corrected chi connectivity index (χ3v) is 2.28. The summed E-state index contributed by atoms with van der Waals surface area (Å²) in [5.41, 5.74) is 0.854. The lowest BCUT2D eigenvalue weighted by molar-refractivity contribution is -0.115. The van der Waals surface area contributed by atoms with Gasteiger partial charge >= 0.3 is 0 Å². The maximum atomic E-state index is 11.2. The van der Waals surface area contributed by atoms with Crippen LogP contribution in [0.25, 0.3) is 0 Å². The van der Waals surface area contributed by atoms with Crippen molar-refractivity contribution in [2.75, 3.05) is 0 Å². The summed E-state index contributed by atoms with van der Waals surface area (Å²) in [4.78, 5) is 11.2. The molecule has 0 aromatic heterocycles. The molecule has 11 heavy (non-hydrogen) atoms. The van der Waals surface area contributed by atoms with E-state index in [-0.39, 0.29) is 0 Å². The number of carbonyl (C=O) groups is 1. The zero-order chi connectivity index (χ0) is 8.10. The molecule has 0 unspecified atom stereocenters. The van der Waals surface area contributed by atoms with Crippen LogP contribution in [-0.4, -0.2) is 5.78 Å². The van der Waals surface area contributed by atoms with Crippen molar-refractivity contribution in [2.24, 2.45) is 0 Å². The second-order valence-corrected chi connectivity index (χ2v) is 3.29. The predicted molar refractivity (Wildman–Crippen MR) is 46.5 cm³/mol. The van der Waals surface area contributed by atoms with E-state index in [1.165, 1.54) is 19.3 Å². The molecule has 1 fully saturated rings. The number of carbonyl (C=O) groups excluding carboxylic acids is 1. The fourth-order valence-corrected chi connectivity index (χ4v) is 1.47. The highest BCUT2D eigenvalue weighted by atomic mass is 16.1. The summed E-state index contributed by atoms with van der Waals surface area (Å²) < 4.78 is 0. The minimum atomic E-state index is 0.298. The van der Waals surface area contributed by atoms with Crippen LogP contribution in [0, 0.1) is 0 Å². The van der Waals surface area contributed by atoms with Crippen LogP contribution >= 0.6 is 0 Å². The molecule has 1 rings (SSSR count). The molecular weight excluding hydrogens is 136 g/mol. The average Bonchev–Trinajstić information content (AvgIpc) is 2.07. The van der Waals surface area contributed by atoms with Crippen molar-refractivity contribution in [1.29, 1.82) is 0 Å². The summed E-state index contributed by atoms with van der Waals surface area (Å²) in [6.45, 7) is 3.79. The van der Waals surface area contributed by atoms with Gasteiger partial charge in [-0.1, -0.05) is 25.8 Å². The maximum absolute atomic E-state index is 11.2. The van der Waals surface area contributed by atoms with Crippen molar-refractivity contribution >= 4 is 5.78 Å². The van der Waals surface area contributed by atoms with Gasteiger partial charge in [0, 0.05) is 6.42 Å². The van der Waals surface area contributed by atoms with Crippen molar-refractivity contribution in [1.82, 2.24) is 0 Å². The van der Waals surface area contributed by atoms with E-state index in [4.69, 9.17) is 0 Å². The van der Waals surface area contributed by atoms with Gasteiger partial charge in [0.05, 0.1) is 0 Å². The lowest BCUT2D eigenvalue weighted by atomic mass is 10.1. The fraction of sp³-hybridized carbons (Fsp3) is 0.700. The zero-order valence-corrected chi connectivity index (χ0v) is 7.07. The Hall–Kier alpha value is -0.590. The molecule has 1 aliphatic rings. The second kappa shape index (κ2) is 4.32. The van der Waals surface area contributed by atoms with Gasteiger partial charge < -0.3 is 0 Å². The third kappa shape index (κ3) is 2.87. The van der Waals surface area contributed by atoms with Crippen LogP contribution in [0.15, 0.2) is 12.2 Å². The highest BCUT2D eigenvalue weighted by molar-refractivity contribution is 5.94. The number of hydrogen-bond donors (Lipinski definition) is 0. The predicted octanol–water partition coefficient (Wildman–Crippen LogP) is 2.86. The Morgan fingerprint density at radius 2 is 1.45 bits per heavy atom. The van der Waals surface area contributed by atoms with Gasteiger partial charge in [0.25, 0.3) is 0 Å². The van der Waals surface area contributed by atoms with E-state index >= 15 is 0 Å². The molecule has 0 N–H and O–H groups in total. The van der Waals surface area contributed by atoms with Gasteiger partial charge in [-0.05, 0) is 24.8 Å². The Balaban J connectivity index is 2.42. The van der Waals surface area contributed by atoms with E-state index in [1.54, 1.807) is 0 Å². The normalized spacial score (nSPS) is 22.2. The first kappa shape index (κ1) is 8.51. The van der Waals surface area contributed by atoms with Crippen molar-refractivity contribution in [3.63, 3.8) is 0 Å². The topological polar surface area (TPSA) is 17.1 Å². The lowest BCUT2D eigenvalue weighted by Gasteiger charge is -1.99. The van der Waals surface area contributed by atoms with E-state index < -0.39 is 0 Å². The van der Waals surface area contributed by atoms with Crippen LogP contribution in [0.3, 0.4) is 0 Å². The summed E-state index contributed by atoms with van der Waals surface area (Å²) in [6.07, 6.45) is 7.67. The number of hydrogen-bond acceptors (Lipinski definition) is 1. The van der Waals surface area contributed by atoms with Gasteiger partial charge in [-0.2, -0.15) is 0 Å². The van der Waals surface area contributed by atoms with Crippen molar-refractivity contribution < 1.29 is 4.79 Å². The van der Waals surface area contributed by atoms with Gasteiger partial charge in [0.1, 0.15) is 0 Å². The summed E-state index contributed by atoms with van der Waals surface area (Å²) in [7, 11) is 0. The summed E-state index contributed by atoms with van der Waals surface area (Å²) in [6, 6.07) is 0. The number of rotatable bonds is 0.